The molecular weight excluding hydrogens is 358 g/mol. The van der Waals surface area contributed by atoms with Crippen molar-refractivity contribution in [1.29, 1.82) is 0 Å². The topological polar surface area (TPSA) is 74.1 Å². The standard InChI is InChI=1S/C21H31N3O4/c1-15-14-16(2)24-9-8-19(20(24)22-15)21(25)23-17-4-6-18(7-5-17)28-13-12-27-11-10-26-3/h8-9,14,17-18H,4-7,10-13H2,1-3H3,(H,23,25)/t17-,18-. The molecule has 28 heavy (non-hydrogen) atoms. The summed E-state index contributed by atoms with van der Waals surface area (Å²) in [5, 5.41) is 3.18. The lowest BCUT2D eigenvalue weighted by atomic mass is 9.93. The number of methoxy groups -OCH3 is 1. The Bertz CT molecular complexity index is 781. The number of hydrogen-bond donors (Lipinski definition) is 1. The van der Waals surface area contributed by atoms with Gasteiger partial charge in [0.1, 0.15) is 5.65 Å². The highest BCUT2D eigenvalue weighted by Crippen LogP contribution is 2.22. The van der Waals surface area contributed by atoms with Crippen LogP contribution in [0.3, 0.4) is 0 Å². The number of amides is 1. The Hall–Kier alpha value is -1.96. The molecule has 3 rings (SSSR count). The summed E-state index contributed by atoms with van der Waals surface area (Å²) in [6.07, 6.45) is 5.93. The minimum atomic E-state index is -0.0455. The third-order valence-electron chi connectivity index (χ3n) is 5.21. The molecule has 0 saturated heterocycles. The zero-order valence-electron chi connectivity index (χ0n) is 17.1. The van der Waals surface area contributed by atoms with Crippen molar-refractivity contribution in [2.75, 3.05) is 33.5 Å². The normalized spacial score (nSPS) is 19.8. The minimum Gasteiger partial charge on any atom is -0.382 e. The van der Waals surface area contributed by atoms with Crippen LogP contribution in [0.2, 0.25) is 0 Å². The predicted molar refractivity (Wildman–Crippen MR) is 107 cm³/mol. The van der Waals surface area contributed by atoms with Crippen LogP contribution in [0.25, 0.3) is 5.65 Å². The van der Waals surface area contributed by atoms with Crippen molar-refractivity contribution in [2.24, 2.45) is 0 Å². The summed E-state index contributed by atoms with van der Waals surface area (Å²) in [4.78, 5) is 17.3. The van der Waals surface area contributed by atoms with Gasteiger partial charge in [0.2, 0.25) is 0 Å². The highest BCUT2D eigenvalue weighted by atomic mass is 16.5. The highest BCUT2D eigenvalue weighted by Gasteiger charge is 2.24. The van der Waals surface area contributed by atoms with Gasteiger partial charge in [-0.3, -0.25) is 4.79 Å². The fraction of sp³-hybridized carbons (Fsp3) is 0.619. The van der Waals surface area contributed by atoms with Crippen LogP contribution >= 0.6 is 0 Å². The number of aryl methyl sites for hydroxylation is 2. The molecule has 1 fully saturated rings. The molecule has 1 aliphatic carbocycles. The van der Waals surface area contributed by atoms with Gasteiger partial charge in [0.25, 0.3) is 5.91 Å². The molecule has 0 aliphatic heterocycles. The fourth-order valence-corrected chi connectivity index (χ4v) is 3.73. The van der Waals surface area contributed by atoms with Crippen molar-refractivity contribution in [3.8, 4) is 0 Å². The molecule has 0 spiro atoms. The van der Waals surface area contributed by atoms with E-state index >= 15 is 0 Å². The summed E-state index contributed by atoms with van der Waals surface area (Å²) >= 11 is 0. The summed E-state index contributed by atoms with van der Waals surface area (Å²) in [6.45, 7) is 6.37. The molecule has 0 unspecified atom stereocenters. The van der Waals surface area contributed by atoms with Gasteiger partial charge < -0.3 is 23.9 Å². The van der Waals surface area contributed by atoms with Crippen LogP contribution in [0.5, 0.6) is 0 Å². The van der Waals surface area contributed by atoms with Crippen LogP contribution in [-0.2, 0) is 14.2 Å². The number of carbonyl (C=O) groups excluding carboxylic acids is 1. The number of nitrogens with one attached hydrogen (secondary N) is 1. The molecular formula is C21H31N3O4. The molecule has 1 N–H and O–H groups in total. The summed E-state index contributed by atoms with van der Waals surface area (Å²) in [7, 11) is 1.66. The van der Waals surface area contributed by atoms with Gasteiger partial charge in [0, 0.05) is 30.7 Å². The number of aromatic nitrogens is 2. The Labute approximate surface area is 166 Å². The lowest BCUT2D eigenvalue weighted by Gasteiger charge is -2.29. The number of nitrogens with zero attached hydrogens (tertiary/aromatic N) is 2. The monoisotopic (exact) mass is 389 g/mol. The third-order valence-corrected chi connectivity index (χ3v) is 5.21. The molecule has 0 radical (unpaired) electrons. The second kappa shape index (κ2) is 10.0. The molecule has 0 bridgehead atoms. The Morgan fingerprint density at radius 3 is 2.68 bits per heavy atom. The third kappa shape index (κ3) is 5.31. The van der Waals surface area contributed by atoms with Crippen LogP contribution in [-0.4, -0.2) is 61.0 Å². The minimum absolute atomic E-state index is 0.0455. The van der Waals surface area contributed by atoms with E-state index in [2.05, 4.69) is 10.3 Å². The Kier molecular flexibility index (Phi) is 7.42. The van der Waals surface area contributed by atoms with Gasteiger partial charge in [-0.25, -0.2) is 4.98 Å². The van der Waals surface area contributed by atoms with Crippen LogP contribution in [0.15, 0.2) is 18.3 Å². The molecule has 7 nitrogen and oxygen atoms in total. The summed E-state index contributed by atoms with van der Waals surface area (Å²) in [5.74, 6) is -0.0455. The molecule has 1 saturated carbocycles. The maximum atomic E-state index is 12.8. The lowest BCUT2D eigenvalue weighted by Crippen LogP contribution is -2.39. The van der Waals surface area contributed by atoms with Crippen LogP contribution in [0.4, 0.5) is 0 Å². The first-order valence-corrected chi connectivity index (χ1v) is 10.0. The van der Waals surface area contributed by atoms with Gasteiger partial charge in [-0.1, -0.05) is 0 Å². The Morgan fingerprint density at radius 2 is 1.93 bits per heavy atom. The van der Waals surface area contributed by atoms with E-state index in [0.717, 1.165) is 42.7 Å². The lowest BCUT2D eigenvalue weighted by molar-refractivity contribution is -0.0209. The second-order valence-corrected chi connectivity index (χ2v) is 7.38. The summed E-state index contributed by atoms with van der Waals surface area (Å²) in [5.41, 5.74) is 3.35. The molecule has 2 heterocycles. The molecule has 2 aromatic rings. The molecule has 7 heteroatoms. The fourth-order valence-electron chi connectivity index (χ4n) is 3.73. The van der Waals surface area contributed by atoms with E-state index in [4.69, 9.17) is 14.2 Å². The SMILES string of the molecule is COCCOCCO[C@H]1CC[C@H](NC(=O)c2ccn3c(C)cc(C)nc23)CC1. The average molecular weight is 389 g/mol. The summed E-state index contributed by atoms with van der Waals surface area (Å²) < 4.78 is 18.2. The predicted octanol–water partition coefficient (Wildman–Crippen LogP) is 2.67. The van der Waals surface area contributed by atoms with Crippen molar-refractivity contribution in [3.63, 3.8) is 0 Å². The van der Waals surface area contributed by atoms with Crippen LogP contribution < -0.4 is 5.32 Å². The second-order valence-electron chi connectivity index (χ2n) is 7.38. The van der Waals surface area contributed by atoms with Gasteiger partial charge in [0.15, 0.2) is 0 Å². The molecule has 2 aromatic heterocycles. The first-order valence-electron chi connectivity index (χ1n) is 10.0. The maximum absolute atomic E-state index is 12.8. The number of hydrogen-bond acceptors (Lipinski definition) is 5. The van der Waals surface area contributed by atoms with Crippen molar-refractivity contribution in [1.82, 2.24) is 14.7 Å². The van der Waals surface area contributed by atoms with E-state index in [-0.39, 0.29) is 18.1 Å². The first kappa shape index (κ1) is 20.8. The number of carbonyl (C=O) groups is 1. The van der Waals surface area contributed by atoms with Gasteiger partial charge in [-0.05, 0) is 51.7 Å². The van der Waals surface area contributed by atoms with E-state index < -0.39 is 0 Å². The maximum Gasteiger partial charge on any atom is 0.255 e. The Morgan fingerprint density at radius 1 is 1.18 bits per heavy atom. The number of rotatable bonds is 9. The smallest absolute Gasteiger partial charge is 0.255 e. The van der Waals surface area contributed by atoms with Crippen molar-refractivity contribution in [3.05, 3.63) is 35.3 Å². The zero-order chi connectivity index (χ0) is 19.9. The quantitative estimate of drug-likeness (QED) is 0.668. The number of fused-ring (bicyclic) bond motifs is 1. The van der Waals surface area contributed by atoms with E-state index in [1.165, 1.54) is 0 Å². The molecule has 1 amide bonds. The van der Waals surface area contributed by atoms with E-state index in [9.17, 15) is 4.79 Å². The van der Waals surface area contributed by atoms with Gasteiger partial charge in [-0.15, -0.1) is 0 Å². The average Bonchev–Trinajstić information content (AvgIpc) is 3.10. The van der Waals surface area contributed by atoms with Crippen molar-refractivity contribution in [2.45, 2.75) is 51.7 Å². The van der Waals surface area contributed by atoms with E-state index in [1.54, 1.807) is 7.11 Å². The van der Waals surface area contributed by atoms with Crippen LogP contribution in [0.1, 0.15) is 47.4 Å². The van der Waals surface area contributed by atoms with Crippen molar-refractivity contribution < 1.29 is 19.0 Å². The molecule has 154 valence electrons. The van der Waals surface area contributed by atoms with E-state index in [1.807, 2.05) is 36.6 Å². The van der Waals surface area contributed by atoms with Crippen LogP contribution in [0, 0.1) is 13.8 Å². The molecule has 0 aromatic carbocycles. The zero-order valence-corrected chi connectivity index (χ0v) is 17.1. The van der Waals surface area contributed by atoms with Crippen molar-refractivity contribution >= 4 is 11.6 Å². The van der Waals surface area contributed by atoms with Gasteiger partial charge in [-0.2, -0.15) is 0 Å². The van der Waals surface area contributed by atoms with Gasteiger partial charge >= 0.3 is 0 Å². The largest absolute Gasteiger partial charge is 0.382 e. The van der Waals surface area contributed by atoms with Gasteiger partial charge in [0.05, 0.1) is 38.1 Å². The Balaban J connectivity index is 1.44. The number of ether oxygens (including phenoxy) is 3. The molecule has 1 aliphatic rings. The highest BCUT2D eigenvalue weighted by molar-refractivity contribution is 6.00. The summed E-state index contributed by atoms with van der Waals surface area (Å²) in [6, 6.07) is 4.05. The molecule has 0 atom stereocenters. The van der Waals surface area contributed by atoms with E-state index in [0.29, 0.717) is 32.0 Å². The first-order chi connectivity index (χ1) is 13.6.